The maximum absolute atomic E-state index is 13.7. The summed E-state index contributed by atoms with van der Waals surface area (Å²) in [5.41, 5.74) is 6.21. The Labute approximate surface area is 104 Å². The number of nitrogen functional groups attached to an aromatic ring is 1. The highest BCUT2D eigenvalue weighted by Gasteiger charge is 2.13. The van der Waals surface area contributed by atoms with Crippen LogP contribution >= 0.6 is 0 Å². The number of benzene rings is 1. The summed E-state index contributed by atoms with van der Waals surface area (Å²) in [6, 6.07) is 2.61. The van der Waals surface area contributed by atoms with Gasteiger partial charge in [-0.3, -0.25) is 0 Å². The minimum Gasteiger partial charge on any atom is -0.495 e. The summed E-state index contributed by atoms with van der Waals surface area (Å²) in [5.74, 6) is 0.738. The lowest BCUT2D eigenvalue weighted by atomic mass is 10.2. The van der Waals surface area contributed by atoms with Gasteiger partial charge in [0.05, 0.1) is 24.5 Å². The first-order valence-electron chi connectivity index (χ1n) is 5.50. The molecule has 6 heteroatoms. The molecule has 2 aromatic rings. The van der Waals surface area contributed by atoms with Crippen LogP contribution in [0.15, 0.2) is 24.5 Å². The van der Waals surface area contributed by atoms with E-state index in [4.69, 9.17) is 10.5 Å². The Hall–Kier alpha value is -2.24. The van der Waals surface area contributed by atoms with Gasteiger partial charge in [0.15, 0.2) is 0 Å². The van der Waals surface area contributed by atoms with Gasteiger partial charge in [0, 0.05) is 24.5 Å². The molecule has 96 valence electrons. The smallest absolute Gasteiger partial charge is 0.148 e. The van der Waals surface area contributed by atoms with Crippen molar-refractivity contribution < 1.29 is 9.13 Å². The highest BCUT2D eigenvalue weighted by molar-refractivity contribution is 5.62. The molecule has 1 unspecified atom stereocenters. The lowest BCUT2D eigenvalue weighted by Crippen LogP contribution is -2.10. The van der Waals surface area contributed by atoms with Crippen LogP contribution in [0.25, 0.3) is 0 Å². The molecule has 0 aliphatic carbocycles. The fourth-order valence-corrected chi connectivity index (χ4v) is 1.67. The average Bonchev–Trinajstić information content (AvgIpc) is 2.86. The van der Waals surface area contributed by atoms with E-state index < -0.39 is 5.82 Å². The molecule has 0 aliphatic rings. The van der Waals surface area contributed by atoms with Gasteiger partial charge in [-0.05, 0) is 6.92 Å². The van der Waals surface area contributed by atoms with Gasteiger partial charge in [-0.15, -0.1) is 0 Å². The Bertz CT molecular complexity index is 527. The zero-order valence-electron chi connectivity index (χ0n) is 10.2. The van der Waals surface area contributed by atoms with E-state index in [1.165, 1.54) is 19.2 Å². The van der Waals surface area contributed by atoms with Crippen LogP contribution in [0.4, 0.5) is 15.8 Å². The number of methoxy groups -OCH3 is 1. The molecule has 18 heavy (non-hydrogen) atoms. The molecule has 0 fully saturated rings. The molecule has 2 rings (SSSR count). The Morgan fingerprint density at radius 3 is 2.89 bits per heavy atom. The highest BCUT2D eigenvalue weighted by Crippen LogP contribution is 2.29. The van der Waals surface area contributed by atoms with Crippen LogP contribution in [0.1, 0.15) is 18.8 Å². The molecule has 0 bridgehead atoms. The average molecular weight is 250 g/mol. The Kier molecular flexibility index (Phi) is 3.36. The molecule has 1 heterocycles. The van der Waals surface area contributed by atoms with Crippen molar-refractivity contribution in [2.24, 2.45) is 0 Å². The number of ether oxygens (including phenoxy) is 1. The lowest BCUT2D eigenvalue weighted by molar-refractivity contribution is 0.416. The number of hydrogen-bond acceptors (Lipinski definition) is 4. The monoisotopic (exact) mass is 250 g/mol. The second kappa shape index (κ2) is 4.95. The summed E-state index contributed by atoms with van der Waals surface area (Å²) in [6.45, 7) is 1.88. The second-order valence-corrected chi connectivity index (χ2v) is 3.91. The first kappa shape index (κ1) is 12.2. The van der Waals surface area contributed by atoms with Gasteiger partial charge in [0.1, 0.15) is 17.4 Å². The van der Waals surface area contributed by atoms with E-state index in [9.17, 15) is 4.39 Å². The van der Waals surface area contributed by atoms with E-state index in [-0.39, 0.29) is 11.7 Å². The standard InChI is InChI=1S/C12H15FN4O/c1-7(12-15-3-4-16-12)17-10-6-11(18-2)9(14)5-8(10)13/h3-7,17H,14H2,1-2H3,(H,15,16). The Morgan fingerprint density at radius 2 is 2.28 bits per heavy atom. The van der Waals surface area contributed by atoms with Gasteiger partial charge in [-0.1, -0.05) is 0 Å². The van der Waals surface area contributed by atoms with Crippen LogP contribution < -0.4 is 15.8 Å². The molecule has 0 spiro atoms. The fraction of sp³-hybridized carbons (Fsp3) is 0.250. The molecular formula is C12H15FN4O. The number of anilines is 2. The zero-order valence-corrected chi connectivity index (χ0v) is 10.2. The van der Waals surface area contributed by atoms with Gasteiger partial charge in [0.25, 0.3) is 0 Å². The van der Waals surface area contributed by atoms with E-state index in [1.54, 1.807) is 12.4 Å². The van der Waals surface area contributed by atoms with Crippen LogP contribution in [-0.2, 0) is 0 Å². The van der Waals surface area contributed by atoms with Crippen molar-refractivity contribution in [3.63, 3.8) is 0 Å². The normalized spacial score (nSPS) is 12.2. The molecule has 0 saturated heterocycles. The number of rotatable bonds is 4. The summed E-state index contributed by atoms with van der Waals surface area (Å²) >= 11 is 0. The van der Waals surface area contributed by atoms with E-state index in [1.807, 2.05) is 6.92 Å². The summed E-state index contributed by atoms with van der Waals surface area (Å²) < 4.78 is 18.8. The van der Waals surface area contributed by atoms with Gasteiger partial charge < -0.3 is 20.8 Å². The van der Waals surface area contributed by atoms with Crippen molar-refractivity contribution in [1.29, 1.82) is 0 Å². The van der Waals surface area contributed by atoms with E-state index in [0.29, 0.717) is 11.4 Å². The largest absolute Gasteiger partial charge is 0.495 e. The third kappa shape index (κ3) is 2.37. The first-order valence-corrected chi connectivity index (χ1v) is 5.50. The SMILES string of the molecule is COc1cc(NC(C)c2ncc[nH]2)c(F)cc1N. The topological polar surface area (TPSA) is 76.0 Å². The predicted octanol–water partition coefficient (Wildman–Crippen LogP) is 2.31. The number of hydrogen-bond donors (Lipinski definition) is 3. The number of aromatic amines is 1. The summed E-state index contributed by atoms with van der Waals surface area (Å²) in [4.78, 5) is 7.07. The maximum Gasteiger partial charge on any atom is 0.148 e. The van der Waals surface area contributed by atoms with Gasteiger partial charge in [-0.2, -0.15) is 0 Å². The zero-order chi connectivity index (χ0) is 13.1. The van der Waals surface area contributed by atoms with E-state index in [2.05, 4.69) is 15.3 Å². The molecule has 1 aromatic heterocycles. The van der Waals surface area contributed by atoms with Crippen LogP contribution in [0.3, 0.4) is 0 Å². The Morgan fingerprint density at radius 1 is 1.50 bits per heavy atom. The number of halogens is 1. The maximum atomic E-state index is 13.7. The van der Waals surface area contributed by atoms with Crippen molar-refractivity contribution in [1.82, 2.24) is 9.97 Å². The first-order chi connectivity index (χ1) is 8.61. The third-order valence-corrected chi connectivity index (χ3v) is 2.62. The molecule has 0 saturated carbocycles. The van der Waals surface area contributed by atoms with Crippen molar-refractivity contribution >= 4 is 11.4 Å². The highest BCUT2D eigenvalue weighted by atomic mass is 19.1. The second-order valence-electron chi connectivity index (χ2n) is 3.91. The number of nitrogens with zero attached hydrogens (tertiary/aromatic N) is 1. The fourth-order valence-electron chi connectivity index (χ4n) is 1.67. The van der Waals surface area contributed by atoms with Crippen LogP contribution in [0, 0.1) is 5.82 Å². The van der Waals surface area contributed by atoms with E-state index >= 15 is 0 Å². The number of H-pyrrole nitrogens is 1. The van der Waals surface area contributed by atoms with Crippen molar-refractivity contribution in [2.75, 3.05) is 18.2 Å². The molecule has 0 radical (unpaired) electrons. The molecule has 0 aliphatic heterocycles. The summed E-state index contributed by atoms with van der Waals surface area (Å²) in [5, 5.41) is 3.01. The Balaban J connectivity index is 2.23. The lowest BCUT2D eigenvalue weighted by Gasteiger charge is -2.15. The van der Waals surface area contributed by atoms with Gasteiger partial charge >= 0.3 is 0 Å². The summed E-state index contributed by atoms with van der Waals surface area (Å²) in [6.07, 6.45) is 3.36. The van der Waals surface area contributed by atoms with Gasteiger partial charge in [0.2, 0.25) is 0 Å². The minimum absolute atomic E-state index is 0.150. The number of nitrogens with one attached hydrogen (secondary N) is 2. The molecule has 5 nitrogen and oxygen atoms in total. The minimum atomic E-state index is -0.424. The van der Waals surface area contributed by atoms with Crippen LogP contribution in [0.2, 0.25) is 0 Å². The van der Waals surface area contributed by atoms with Crippen LogP contribution in [-0.4, -0.2) is 17.1 Å². The molecular weight excluding hydrogens is 235 g/mol. The predicted molar refractivity (Wildman–Crippen MR) is 68.0 cm³/mol. The number of imidazole rings is 1. The number of aromatic nitrogens is 2. The molecule has 4 N–H and O–H groups in total. The van der Waals surface area contributed by atoms with Crippen LogP contribution in [0.5, 0.6) is 5.75 Å². The molecule has 0 amide bonds. The van der Waals surface area contributed by atoms with Crippen molar-refractivity contribution in [3.05, 3.63) is 36.2 Å². The van der Waals surface area contributed by atoms with Crippen molar-refractivity contribution in [3.8, 4) is 5.75 Å². The van der Waals surface area contributed by atoms with Gasteiger partial charge in [-0.25, -0.2) is 9.37 Å². The quantitative estimate of drug-likeness (QED) is 0.728. The third-order valence-electron chi connectivity index (χ3n) is 2.62. The van der Waals surface area contributed by atoms with E-state index in [0.717, 1.165) is 5.82 Å². The summed E-state index contributed by atoms with van der Waals surface area (Å²) in [7, 11) is 1.49. The molecule has 1 atom stereocenters. The van der Waals surface area contributed by atoms with Crippen molar-refractivity contribution in [2.45, 2.75) is 13.0 Å². The number of nitrogens with two attached hydrogens (primary N) is 1. The molecule has 1 aromatic carbocycles.